The van der Waals surface area contributed by atoms with Crippen molar-refractivity contribution >= 4 is 5.69 Å². The number of nitrogens with zero attached hydrogens (tertiary/aromatic N) is 2. The first-order chi connectivity index (χ1) is 7.79. The van der Waals surface area contributed by atoms with E-state index < -0.39 is 0 Å². The minimum atomic E-state index is 0.820. The Morgan fingerprint density at radius 1 is 1.25 bits per heavy atom. The van der Waals surface area contributed by atoms with Gasteiger partial charge in [-0.05, 0) is 30.5 Å². The van der Waals surface area contributed by atoms with E-state index in [1.54, 1.807) is 0 Å². The Morgan fingerprint density at radius 3 is 2.69 bits per heavy atom. The van der Waals surface area contributed by atoms with Crippen molar-refractivity contribution in [1.29, 1.82) is 0 Å². The standard InChI is InChI=1S/C13H17N3/c1-2-13-9-15-10-16(13)8-7-11-3-5-12(14)6-4-11/h3-6,9-10H,2,7-8,14H2,1H3. The molecule has 2 aromatic rings. The van der Waals surface area contributed by atoms with Crippen molar-refractivity contribution in [1.82, 2.24) is 9.55 Å². The Bertz CT molecular complexity index is 442. The van der Waals surface area contributed by atoms with Gasteiger partial charge in [-0.3, -0.25) is 0 Å². The second-order valence-corrected chi connectivity index (χ2v) is 3.92. The normalized spacial score (nSPS) is 10.6. The number of nitrogens with two attached hydrogens (primary N) is 1. The number of hydrogen-bond acceptors (Lipinski definition) is 2. The van der Waals surface area contributed by atoms with Crippen molar-refractivity contribution in [2.24, 2.45) is 0 Å². The van der Waals surface area contributed by atoms with Crippen LogP contribution in [0.25, 0.3) is 0 Å². The fraction of sp³-hybridized carbons (Fsp3) is 0.308. The van der Waals surface area contributed by atoms with Crippen molar-refractivity contribution in [2.75, 3.05) is 5.73 Å². The molecule has 0 aliphatic carbocycles. The summed E-state index contributed by atoms with van der Waals surface area (Å²) < 4.78 is 2.20. The smallest absolute Gasteiger partial charge is 0.0948 e. The van der Waals surface area contributed by atoms with Crippen molar-refractivity contribution in [3.8, 4) is 0 Å². The second-order valence-electron chi connectivity index (χ2n) is 3.92. The molecule has 0 spiro atoms. The Hall–Kier alpha value is -1.77. The number of benzene rings is 1. The molecule has 0 amide bonds. The van der Waals surface area contributed by atoms with E-state index in [0.717, 1.165) is 25.1 Å². The van der Waals surface area contributed by atoms with Crippen molar-refractivity contribution in [2.45, 2.75) is 26.3 Å². The van der Waals surface area contributed by atoms with Gasteiger partial charge in [-0.15, -0.1) is 0 Å². The fourth-order valence-corrected chi connectivity index (χ4v) is 1.78. The molecule has 0 aliphatic rings. The summed E-state index contributed by atoms with van der Waals surface area (Å²) in [6.45, 7) is 3.13. The topological polar surface area (TPSA) is 43.8 Å². The molecule has 0 saturated heterocycles. The van der Waals surface area contributed by atoms with Gasteiger partial charge in [0.05, 0.1) is 6.33 Å². The summed E-state index contributed by atoms with van der Waals surface area (Å²) in [5.41, 5.74) is 9.07. The van der Waals surface area contributed by atoms with Crippen LogP contribution in [-0.2, 0) is 19.4 Å². The third kappa shape index (κ3) is 2.42. The Morgan fingerprint density at radius 2 is 2.00 bits per heavy atom. The van der Waals surface area contributed by atoms with Gasteiger partial charge in [0.2, 0.25) is 0 Å². The largest absolute Gasteiger partial charge is 0.399 e. The number of rotatable bonds is 4. The van der Waals surface area contributed by atoms with E-state index in [0.29, 0.717) is 0 Å². The van der Waals surface area contributed by atoms with Gasteiger partial charge in [0.25, 0.3) is 0 Å². The van der Waals surface area contributed by atoms with Crippen LogP contribution in [0.4, 0.5) is 5.69 Å². The SMILES string of the molecule is CCc1cncn1CCc1ccc(N)cc1. The molecule has 2 N–H and O–H groups in total. The number of aromatic nitrogens is 2. The summed E-state index contributed by atoms with van der Waals surface area (Å²) in [5, 5.41) is 0. The number of hydrogen-bond donors (Lipinski definition) is 1. The number of nitrogen functional groups attached to an aromatic ring is 1. The van der Waals surface area contributed by atoms with Gasteiger partial charge in [0.1, 0.15) is 0 Å². The van der Waals surface area contributed by atoms with Crippen LogP contribution in [0.15, 0.2) is 36.8 Å². The van der Waals surface area contributed by atoms with E-state index in [4.69, 9.17) is 5.73 Å². The maximum atomic E-state index is 5.65. The molecule has 1 aromatic heterocycles. The molecule has 0 aliphatic heterocycles. The molecule has 1 aromatic carbocycles. The van der Waals surface area contributed by atoms with Crippen molar-refractivity contribution < 1.29 is 0 Å². The first-order valence-corrected chi connectivity index (χ1v) is 5.63. The van der Waals surface area contributed by atoms with Gasteiger partial charge < -0.3 is 10.3 Å². The van der Waals surface area contributed by atoms with Gasteiger partial charge in [-0.2, -0.15) is 0 Å². The Kier molecular flexibility index (Phi) is 3.25. The minimum Gasteiger partial charge on any atom is -0.399 e. The Balaban J connectivity index is 1.99. The third-order valence-corrected chi connectivity index (χ3v) is 2.78. The van der Waals surface area contributed by atoms with E-state index >= 15 is 0 Å². The van der Waals surface area contributed by atoms with Crippen molar-refractivity contribution in [3.05, 3.63) is 48.0 Å². The summed E-state index contributed by atoms with van der Waals surface area (Å²) in [4.78, 5) is 4.16. The Labute approximate surface area is 95.9 Å². The third-order valence-electron chi connectivity index (χ3n) is 2.78. The highest BCUT2D eigenvalue weighted by atomic mass is 15.0. The lowest BCUT2D eigenvalue weighted by Gasteiger charge is -2.06. The molecule has 0 bridgehead atoms. The fourth-order valence-electron chi connectivity index (χ4n) is 1.78. The quantitative estimate of drug-likeness (QED) is 0.795. The molecule has 2 rings (SSSR count). The number of anilines is 1. The van der Waals surface area contributed by atoms with E-state index in [-0.39, 0.29) is 0 Å². The van der Waals surface area contributed by atoms with Crippen LogP contribution in [0.5, 0.6) is 0 Å². The molecule has 16 heavy (non-hydrogen) atoms. The first kappa shape index (κ1) is 10.7. The van der Waals surface area contributed by atoms with E-state index in [2.05, 4.69) is 28.6 Å². The van der Waals surface area contributed by atoms with E-state index in [1.807, 2.05) is 24.7 Å². The van der Waals surface area contributed by atoms with Gasteiger partial charge >= 0.3 is 0 Å². The highest BCUT2D eigenvalue weighted by molar-refractivity contribution is 5.39. The monoisotopic (exact) mass is 215 g/mol. The molecule has 1 heterocycles. The second kappa shape index (κ2) is 4.84. The lowest BCUT2D eigenvalue weighted by molar-refractivity contribution is 0.664. The predicted octanol–water partition coefficient (Wildman–Crippen LogP) is 2.27. The average molecular weight is 215 g/mol. The zero-order valence-corrected chi connectivity index (χ0v) is 9.56. The molecule has 0 radical (unpaired) electrons. The molecular formula is C13H17N3. The van der Waals surface area contributed by atoms with Gasteiger partial charge in [-0.25, -0.2) is 4.98 Å². The minimum absolute atomic E-state index is 0.820. The lowest BCUT2D eigenvalue weighted by Crippen LogP contribution is -2.03. The van der Waals surface area contributed by atoms with Crippen molar-refractivity contribution in [3.63, 3.8) is 0 Å². The van der Waals surface area contributed by atoms with Crippen LogP contribution in [0.2, 0.25) is 0 Å². The summed E-state index contributed by atoms with van der Waals surface area (Å²) in [7, 11) is 0. The van der Waals surface area contributed by atoms with Crippen LogP contribution < -0.4 is 5.73 Å². The number of aryl methyl sites for hydroxylation is 3. The maximum Gasteiger partial charge on any atom is 0.0948 e. The summed E-state index contributed by atoms with van der Waals surface area (Å²) >= 11 is 0. The summed E-state index contributed by atoms with van der Waals surface area (Å²) in [6.07, 6.45) is 5.88. The van der Waals surface area contributed by atoms with Crippen LogP contribution in [0.3, 0.4) is 0 Å². The van der Waals surface area contributed by atoms with Crippen LogP contribution in [0, 0.1) is 0 Å². The van der Waals surface area contributed by atoms with Crippen LogP contribution in [0.1, 0.15) is 18.2 Å². The molecule has 3 nitrogen and oxygen atoms in total. The predicted molar refractivity (Wildman–Crippen MR) is 66.2 cm³/mol. The molecule has 0 fully saturated rings. The van der Waals surface area contributed by atoms with Gasteiger partial charge in [0, 0.05) is 24.1 Å². The molecular weight excluding hydrogens is 198 g/mol. The molecule has 3 heteroatoms. The van der Waals surface area contributed by atoms with E-state index in [1.165, 1.54) is 11.3 Å². The number of imidazole rings is 1. The van der Waals surface area contributed by atoms with Gasteiger partial charge in [0.15, 0.2) is 0 Å². The lowest BCUT2D eigenvalue weighted by atomic mass is 10.1. The first-order valence-electron chi connectivity index (χ1n) is 5.63. The van der Waals surface area contributed by atoms with Crippen LogP contribution >= 0.6 is 0 Å². The highest BCUT2D eigenvalue weighted by Crippen LogP contribution is 2.08. The maximum absolute atomic E-state index is 5.65. The van der Waals surface area contributed by atoms with Crippen LogP contribution in [-0.4, -0.2) is 9.55 Å². The zero-order valence-electron chi connectivity index (χ0n) is 9.56. The molecule has 0 saturated carbocycles. The highest BCUT2D eigenvalue weighted by Gasteiger charge is 1.99. The van der Waals surface area contributed by atoms with E-state index in [9.17, 15) is 0 Å². The summed E-state index contributed by atoms with van der Waals surface area (Å²) in [5.74, 6) is 0. The molecule has 84 valence electrons. The zero-order chi connectivity index (χ0) is 11.4. The average Bonchev–Trinajstić information content (AvgIpc) is 2.76. The summed E-state index contributed by atoms with van der Waals surface area (Å²) in [6, 6.07) is 8.06. The molecule has 0 unspecified atom stereocenters. The van der Waals surface area contributed by atoms with Gasteiger partial charge in [-0.1, -0.05) is 19.1 Å². The molecule has 0 atom stereocenters.